The first-order valence-corrected chi connectivity index (χ1v) is 6.04. The van der Waals surface area contributed by atoms with Gasteiger partial charge in [0.1, 0.15) is 12.4 Å². The zero-order valence-electron chi connectivity index (χ0n) is 8.31. The molecule has 1 aromatic carbocycles. The summed E-state index contributed by atoms with van der Waals surface area (Å²) in [6.07, 6.45) is 2.65. The molecule has 0 saturated heterocycles. The van der Waals surface area contributed by atoms with E-state index in [4.69, 9.17) is 5.11 Å². The van der Waals surface area contributed by atoms with Crippen molar-refractivity contribution in [2.75, 3.05) is 0 Å². The van der Waals surface area contributed by atoms with E-state index in [9.17, 15) is 8.42 Å². The SMILES string of the molecule is O=S(=O)(c1ccccc1)n1ccnc1CO. The zero-order valence-corrected chi connectivity index (χ0v) is 9.13. The summed E-state index contributed by atoms with van der Waals surface area (Å²) in [7, 11) is -3.64. The van der Waals surface area contributed by atoms with Crippen LogP contribution in [-0.2, 0) is 16.6 Å². The molecule has 2 aromatic rings. The molecule has 5 nitrogen and oxygen atoms in total. The van der Waals surface area contributed by atoms with Gasteiger partial charge in [-0.15, -0.1) is 0 Å². The maximum atomic E-state index is 12.1. The zero-order chi connectivity index (χ0) is 11.6. The molecule has 0 spiro atoms. The quantitative estimate of drug-likeness (QED) is 0.850. The molecule has 0 radical (unpaired) electrons. The number of aromatic nitrogens is 2. The lowest BCUT2D eigenvalue weighted by Crippen LogP contribution is -2.15. The van der Waals surface area contributed by atoms with Gasteiger partial charge >= 0.3 is 0 Å². The third-order valence-electron chi connectivity index (χ3n) is 2.12. The minimum Gasteiger partial charge on any atom is -0.388 e. The Hall–Kier alpha value is -1.66. The Labute approximate surface area is 93.0 Å². The van der Waals surface area contributed by atoms with Crippen LogP contribution in [0.3, 0.4) is 0 Å². The summed E-state index contributed by atoms with van der Waals surface area (Å²) in [6.45, 7) is -0.418. The molecule has 0 saturated carbocycles. The highest BCUT2D eigenvalue weighted by atomic mass is 32.2. The highest BCUT2D eigenvalue weighted by Gasteiger charge is 2.18. The Morgan fingerprint density at radius 3 is 2.56 bits per heavy atom. The summed E-state index contributed by atoms with van der Waals surface area (Å²) < 4.78 is 25.1. The molecule has 0 bridgehead atoms. The molecule has 16 heavy (non-hydrogen) atoms. The molecule has 0 aliphatic carbocycles. The summed E-state index contributed by atoms with van der Waals surface area (Å²) in [5.74, 6) is 0.101. The van der Waals surface area contributed by atoms with Crippen molar-refractivity contribution >= 4 is 10.0 Å². The van der Waals surface area contributed by atoms with Crippen molar-refractivity contribution in [2.24, 2.45) is 0 Å². The lowest BCUT2D eigenvalue weighted by atomic mass is 10.4. The van der Waals surface area contributed by atoms with E-state index in [1.54, 1.807) is 18.2 Å². The second-order valence-electron chi connectivity index (χ2n) is 3.12. The van der Waals surface area contributed by atoms with E-state index >= 15 is 0 Å². The molecule has 84 valence electrons. The van der Waals surface area contributed by atoms with Crippen LogP contribution >= 0.6 is 0 Å². The van der Waals surface area contributed by atoms with Crippen molar-refractivity contribution < 1.29 is 13.5 Å². The van der Waals surface area contributed by atoms with Gasteiger partial charge in [-0.25, -0.2) is 17.4 Å². The maximum absolute atomic E-state index is 12.1. The second-order valence-corrected chi connectivity index (χ2v) is 4.93. The number of nitrogens with zero attached hydrogens (tertiary/aromatic N) is 2. The molecule has 0 aliphatic rings. The number of rotatable bonds is 3. The number of benzene rings is 1. The molecule has 2 rings (SSSR count). The molecular formula is C10H10N2O3S. The van der Waals surface area contributed by atoms with E-state index in [2.05, 4.69) is 4.98 Å². The summed E-state index contributed by atoms with van der Waals surface area (Å²) in [5.41, 5.74) is 0. The molecule has 1 heterocycles. The number of hydrogen-bond donors (Lipinski definition) is 1. The highest BCUT2D eigenvalue weighted by Crippen LogP contribution is 2.14. The smallest absolute Gasteiger partial charge is 0.269 e. The fraction of sp³-hybridized carbons (Fsp3) is 0.100. The monoisotopic (exact) mass is 238 g/mol. The Morgan fingerprint density at radius 2 is 1.94 bits per heavy atom. The van der Waals surface area contributed by atoms with Crippen LogP contribution in [0.15, 0.2) is 47.6 Å². The van der Waals surface area contributed by atoms with E-state index in [1.807, 2.05) is 0 Å². The Morgan fingerprint density at radius 1 is 1.25 bits per heavy atom. The van der Waals surface area contributed by atoms with Crippen LogP contribution in [0.1, 0.15) is 5.82 Å². The highest BCUT2D eigenvalue weighted by molar-refractivity contribution is 7.90. The van der Waals surface area contributed by atoms with E-state index in [0.717, 1.165) is 3.97 Å². The van der Waals surface area contributed by atoms with E-state index < -0.39 is 16.6 Å². The number of imidazole rings is 1. The lowest BCUT2D eigenvalue weighted by molar-refractivity contribution is 0.270. The van der Waals surface area contributed by atoms with Crippen molar-refractivity contribution in [3.63, 3.8) is 0 Å². The first-order chi connectivity index (χ1) is 7.66. The fourth-order valence-electron chi connectivity index (χ4n) is 1.36. The molecule has 0 unspecified atom stereocenters. The Balaban J connectivity index is 2.56. The van der Waals surface area contributed by atoms with Crippen LogP contribution in [0, 0.1) is 0 Å². The van der Waals surface area contributed by atoms with Gasteiger partial charge in [-0.2, -0.15) is 0 Å². The molecule has 0 atom stereocenters. The predicted molar refractivity (Wildman–Crippen MR) is 57.2 cm³/mol. The fourth-order valence-corrected chi connectivity index (χ4v) is 2.68. The van der Waals surface area contributed by atoms with Gasteiger partial charge in [-0.1, -0.05) is 18.2 Å². The summed E-state index contributed by atoms with van der Waals surface area (Å²) in [4.78, 5) is 3.93. The molecular weight excluding hydrogens is 228 g/mol. The summed E-state index contributed by atoms with van der Waals surface area (Å²) in [5, 5.41) is 8.97. The van der Waals surface area contributed by atoms with Crippen LogP contribution in [0.2, 0.25) is 0 Å². The van der Waals surface area contributed by atoms with Gasteiger partial charge in [0.15, 0.2) is 0 Å². The lowest BCUT2D eigenvalue weighted by Gasteiger charge is -2.07. The first kappa shape index (κ1) is 10.8. The van der Waals surface area contributed by atoms with E-state index in [1.165, 1.54) is 24.5 Å². The molecule has 0 amide bonds. The van der Waals surface area contributed by atoms with Gasteiger partial charge in [0, 0.05) is 12.4 Å². The van der Waals surface area contributed by atoms with Gasteiger partial charge in [0.05, 0.1) is 4.90 Å². The second kappa shape index (κ2) is 4.07. The predicted octanol–water partition coefficient (Wildman–Crippen LogP) is 0.612. The minimum absolute atomic E-state index is 0.101. The summed E-state index contributed by atoms with van der Waals surface area (Å²) >= 11 is 0. The van der Waals surface area contributed by atoms with Crippen LogP contribution in [-0.4, -0.2) is 22.5 Å². The van der Waals surface area contributed by atoms with Gasteiger partial charge in [0.2, 0.25) is 0 Å². The van der Waals surface area contributed by atoms with E-state index in [0.29, 0.717) is 0 Å². The molecule has 6 heteroatoms. The molecule has 0 fully saturated rings. The van der Waals surface area contributed by atoms with Crippen LogP contribution in [0.5, 0.6) is 0 Å². The van der Waals surface area contributed by atoms with Gasteiger partial charge in [0.25, 0.3) is 10.0 Å². The van der Waals surface area contributed by atoms with Gasteiger partial charge in [-0.3, -0.25) is 0 Å². The van der Waals surface area contributed by atoms with Crippen LogP contribution in [0.25, 0.3) is 0 Å². The third-order valence-corrected chi connectivity index (χ3v) is 3.84. The standard InChI is InChI=1S/C10H10N2O3S/c13-8-10-11-6-7-12(10)16(14,15)9-4-2-1-3-5-9/h1-7,13H,8H2. The van der Waals surface area contributed by atoms with Crippen molar-refractivity contribution in [3.8, 4) is 0 Å². The normalized spacial score (nSPS) is 11.6. The average molecular weight is 238 g/mol. The number of aliphatic hydroxyl groups is 1. The first-order valence-electron chi connectivity index (χ1n) is 4.60. The van der Waals surface area contributed by atoms with Crippen molar-refractivity contribution in [2.45, 2.75) is 11.5 Å². The maximum Gasteiger partial charge on any atom is 0.269 e. The molecule has 1 N–H and O–H groups in total. The van der Waals surface area contributed by atoms with Crippen LogP contribution in [0.4, 0.5) is 0 Å². The molecule has 0 aliphatic heterocycles. The van der Waals surface area contributed by atoms with Crippen molar-refractivity contribution in [1.82, 2.24) is 8.96 Å². The van der Waals surface area contributed by atoms with Gasteiger partial charge < -0.3 is 5.11 Å². The topological polar surface area (TPSA) is 72.2 Å². The van der Waals surface area contributed by atoms with Crippen molar-refractivity contribution in [1.29, 1.82) is 0 Å². The number of hydrogen-bond acceptors (Lipinski definition) is 4. The van der Waals surface area contributed by atoms with Gasteiger partial charge in [-0.05, 0) is 12.1 Å². The summed E-state index contributed by atoms with van der Waals surface area (Å²) in [6, 6.07) is 8.01. The van der Waals surface area contributed by atoms with E-state index in [-0.39, 0.29) is 10.7 Å². The number of aliphatic hydroxyl groups excluding tert-OH is 1. The average Bonchev–Trinajstić information content (AvgIpc) is 2.79. The van der Waals surface area contributed by atoms with Crippen molar-refractivity contribution in [3.05, 3.63) is 48.5 Å². The van der Waals surface area contributed by atoms with Crippen LogP contribution < -0.4 is 0 Å². The third kappa shape index (κ3) is 1.72. The molecule has 1 aromatic heterocycles. The Bertz CT molecular complexity index is 575. The largest absolute Gasteiger partial charge is 0.388 e. The minimum atomic E-state index is -3.64. The Kier molecular flexibility index (Phi) is 2.76.